The second-order valence-corrected chi connectivity index (χ2v) is 4.52. The van der Waals surface area contributed by atoms with Crippen molar-refractivity contribution in [3.63, 3.8) is 0 Å². The molecule has 0 bridgehead atoms. The average molecular weight is 272 g/mol. The van der Waals surface area contributed by atoms with Crippen molar-refractivity contribution in [2.75, 3.05) is 12.0 Å². The summed E-state index contributed by atoms with van der Waals surface area (Å²) in [6.07, 6.45) is 3.97. The summed E-state index contributed by atoms with van der Waals surface area (Å²) in [6.45, 7) is 2.01. The maximum Gasteiger partial charge on any atom is 0.276 e. The fourth-order valence-corrected chi connectivity index (χ4v) is 2.31. The third-order valence-corrected chi connectivity index (χ3v) is 3.41. The van der Waals surface area contributed by atoms with E-state index in [1.165, 1.54) is 0 Å². The smallest absolute Gasteiger partial charge is 0.276 e. The van der Waals surface area contributed by atoms with Crippen LogP contribution in [0.25, 0.3) is 0 Å². The molecule has 1 aromatic carbocycles. The summed E-state index contributed by atoms with van der Waals surface area (Å²) in [4.78, 5) is 16.0. The van der Waals surface area contributed by atoms with Crippen molar-refractivity contribution in [1.82, 2.24) is 10.3 Å². The van der Waals surface area contributed by atoms with Gasteiger partial charge >= 0.3 is 0 Å². The lowest BCUT2D eigenvalue weighted by molar-refractivity contribution is -0.122. The monoisotopic (exact) mass is 272 g/mol. The van der Waals surface area contributed by atoms with Gasteiger partial charge in [-0.2, -0.15) is 5.10 Å². The topological polar surface area (TPSA) is 57.2 Å². The molecule has 0 saturated carbocycles. The number of fused-ring (bicyclic) bond motifs is 1. The van der Waals surface area contributed by atoms with Crippen LogP contribution < -0.4 is 15.1 Å². The van der Waals surface area contributed by atoms with Gasteiger partial charge in [0, 0.05) is 24.5 Å². The first-order valence-corrected chi connectivity index (χ1v) is 6.50. The Balaban J connectivity index is 1.86. The molecule has 2 aliphatic heterocycles. The van der Waals surface area contributed by atoms with Crippen molar-refractivity contribution >= 4 is 17.4 Å². The van der Waals surface area contributed by atoms with E-state index < -0.39 is 6.17 Å². The minimum absolute atomic E-state index is 0.0510. The van der Waals surface area contributed by atoms with Crippen molar-refractivity contribution in [2.45, 2.75) is 19.5 Å². The molecule has 0 saturated heterocycles. The van der Waals surface area contributed by atoms with E-state index in [-0.39, 0.29) is 5.91 Å². The van der Waals surface area contributed by atoms with Gasteiger partial charge in [-0.3, -0.25) is 15.1 Å². The van der Waals surface area contributed by atoms with E-state index in [1.807, 2.05) is 42.3 Å². The number of rotatable bonds is 3. The van der Waals surface area contributed by atoms with Crippen molar-refractivity contribution in [2.24, 2.45) is 5.10 Å². The number of benzene rings is 1. The van der Waals surface area contributed by atoms with E-state index in [2.05, 4.69) is 10.5 Å². The summed E-state index contributed by atoms with van der Waals surface area (Å²) in [7, 11) is 1.62. The Bertz CT molecular complexity index is 579. The van der Waals surface area contributed by atoms with Crippen molar-refractivity contribution in [3.8, 4) is 5.75 Å². The second kappa shape index (κ2) is 4.88. The zero-order chi connectivity index (χ0) is 14.1. The molecule has 1 atom stereocenters. The van der Waals surface area contributed by atoms with E-state index in [0.717, 1.165) is 23.7 Å². The predicted octanol–water partition coefficient (Wildman–Crippen LogP) is 1.47. The zero-order valence-electron chi connectivity index (χ0n) is 11.4. The van der Waals surface area contributed by atoms with Crippen molar-refractivity contribution in [1.29, 1.82) is 0 Å². The normalized spacial score (nSPS) is 20.6. The third-order valence-electron chi connectivity index (χ3n) is 3.41. The molecule has 2 aliphatic rings. The van der Waals surface area contributed by atoms with Crippen molar-refractivity contribution in [3.05, 3.63) is 36.7 Å². The molecule has 20 heavy (non-hydrogen) atoms. The zero-order valence-corrected chi connectivity index (χ0v) is 11.4. The van der Waals surface area contributed by atoms with E-state index in [4.69, 9.17) is 4.74 Å². The lowest BCUT2D eigenvalue weighted by Crippen LogP contribution is -2.52. The Morgan fingerprint density at radius 2 is 2.05 bits per heavy atom. The number of hydrogen-bond acceptors (Lipinski definition) is 5. The van der Waals surface area contributed by atoms with Gasteiger partial charge in [-0.05, 0) is 24.3 Å². The summed E-state index contributed by atoms with van der Waals surface area (Å²) in [5, 5.41) is 4.18. The Hall–Kier alpha value is -2.50. The number of carbonyl (C=O) groups is 1. The third kappa shape index (κ3) is 1.89. The number of ether oxygens (including phenoxy) is 1. The number of hydrogen-bond donors (Lipinski definition) is 1. The highest BCUT2D eigenvalue weighted by Crippen LogP contribution is 2.25. The highest BCUT2D eigenvalue weighted by atomic mass is 16.5. The van der Waals surface area contributed by atoms with E-state index in [9.17, 15) is 4.79 Å². The highest BCUT2D eigenvalue weighted by Gasteiger charge is 2.37. The molecule has 1 aromatic rings. The van der Waals surface area contributed by atoms with Gasteiger partial charge in [0.05, 0.1) is 7.11 Å². The largest absolute Gasteiger partial charge is 0.497 e. The first-order valence-electron chi connectivity index (χ1n) is 6.50. The van der Waals surface area contributed by atoms with Gasteiger partial charge in [0.15, 0.2) is 0 Å². The molecule has 0 aromatic heterocycles. The Morgan fingerprint density at radius 3 is 2.70 bits per heavy atom. The van der Waals surface area contributed by atoms with E-state index >= 15 is 0 Å². The summed E-state index contributed by atoms with van der Waals surface area (Å²) in [5.41, 5.74) is 3.68. The molecule has 1 amide bonds. The van der Waals surface area contributed by atoms with Gasteiger partial charge in [0.25, 0.3) is 5.91 Å². The molecule has 2 heterocycles. The number of amides is 1. The first-order chi connectivity index (χ1) is 9.74. The van der Waals surface area contributed by atoms with Crippen LogP contribution in [-0.4, -0.2) is 29.9 Å². The number of carbonyl (C=O) groups excluding carboxylic acids is 1. The molecule has 104 valence electrons. The van der Waals surface area contributed by atoms with Crippen LogP contribution in [0.3, 0.4) is 0 Å². The van der Waals surface area contributed by atoms with Gasteiger partial charge < -0.3 is 9.64 Å². The van der Waals surface area contributed by atoms with Gasteiger partial charge in [-0.15, -0.1) is 0 Å². The Kier molecular flexibility index (Phi) is 3.06. The first kappa shape index (κ1) is 12.5. The van der Waals surface area contributed by atoms with Crippen LogP contribution in [0, 0.1) is 0 Å². The second-order valence-electron chi connectivity index (χ2n) is 4.52. The lowest BCUT2D eigenvalue weighted by atomic mass is 10.2. The fourth-order valence-electron chi connectivity index (χ4n) is 2.31. The van der Waals surface area contributed by atoms with Crippen LogP contribution in [0.15, 0.2) is 41.8 Å². The van der Waals surface area contributed by atoms with Gasteiger partial charge in [0.1, 0.15) is 11.6 Å². The molecule has 0 radical (unpaired) electrons. The number of nitrogens with one attached hydrogen (secondary N) is 1. The molecule has 6 heteroatoms. The molecule has 6 nitrogen and oxygen atoms in total. The number of amidine groups is 1. The molecule has 0 fully saturated rings. The number of hydrazone groups is 1. The molecule has 0 aliphatic carbocycles. The van der Waals surface area contributed by atoms with Crippen LogP contribution in [-0.2, 0) is 4.79 Å². The molecular weight excluding hydrogens is 256 g/mol. The van der Waals surface area contributed by atoms with Gasteiger partial charge in [-0.1, -0.05) is 6.92 Å². The quantitative estimate of drug-likeness (QED) is 0.905. The van der Waals surface area contributed by atoms with E-state index in [0.29, 0.717) is 0 Å². The molecule has 1 N–H and O–H groups in total. The Morgan fingerprint density at radius 1 is 1.30 bits per heavy atom. The van der Waals surface area contributed by atoms with Crippen LogP contribution in [0.5, 0.6) is 5.75 Å². The van der Waals surface area contributed by atoms with Crippen LogP contribution in [0.2, 0.25) is 0 Å². The van der Waals surface area contributed by atoms with E-state index in [1.54, 1.807) is 18.2 Å². The molecule has 1 unspecified atom stereocenters. The van der Waals surface area contributed by atoms with Crippen LogP contribution in [0.1, 0.15) is 13.3 Å². The van der Waals surface area contributed by atoms with Crippen LogP contribution in [0.4, 0.5) is 5.69 Å². The molecule has 3 rings (SSSR count). The van der Waals surface area contributed by atoms with Crippen molar-refractivity contribution < 1.29 is 9.53 Å². The average Bonchev–Trinajstić information content (AvgIpc) is 2.92. The summed E-state index contributed by atoms with van der Waals surface area (Å²) in [5.74, 6) is 1.58. The number of anilines is 1. The van der Waals surface area contributed by atoms with Crippen LogP contribution >= 0.6 is 0 Å². The maximum atomic E-state index is 12.5. The summed E-state index contributed by atoms with van der Waals surface area (Å²) < 4.78 is 5.12. The maximum absolute atomic E-state index is 12.5. The lowest BCUT2D eigenvalue weighted by Gasteiger charge is -2.32. The number of nitrogens with zero attached hydrogens (tertiary/aromatic N) is 3. The Labute approximate surface area is 117 Å². The predicted molar refractivity (Wildman–Crippen MR) is 76.1 cm³/mol. The SMILES string of the molecule is CCC1=NNC2C(=O)N(c3ccc(OC)cc3)C=CN12. The standard InChI is InChI=1S/C14H16N4O2/c1-3-12-15-16-13-14(19)17(8-9-18(12)13)10-4-6-11(20-2)7-5-10/h4-9,13,16H,3H2,1-2H3. The fraction of sp³-hybridized carbons (Fsp3) is 0.286. The summed E-state index contributed by atoms with van der Waals surface area (Å²) in [6, 6.07) is 7.37. The summed E-state index contributed by atoms with van der Waals surface area (Å²) >= 11 is 0. The molecular formula is C14H16N4O2. The van der Waals surface area contributed by atoms with Gasteiger partial charge in [-0.25, -0.2) is 0 Å². The minimum Gasteiger partial charge on any atom is -0.497 e. The number of methoxy groups -OCH3 is 1. The highest BCUT2D eigenvalue weighted by molar-refractivity contribution is 6.03. The minimum atomic E-state index is -0.447. The van der Waals surface area contributed by atoms with Gasteiger partial charge in [0.2, 0.25) is 6.17 Å². The molecule has 0 spiro atoms.